The smallest absolute Gasteiger partial charge is 0.227 e. The second-order valence-corrected chi connectivity index (χ2v) is 9.20. The number of carbonyl (C=O) groups is 3. The molecular formula is C25H35N3O4. The van der Waals surface area contributed by atoms with Gasteiger partial charge in [-0.25, -0.2) is 0 Å². The van der Waals surface area contributed by atoms with E-state index >= 15 is 0 Å². The molecular weight excluding hydrogens is 406 g/mol. The second-order valence-electron chi connectivity index (χ2n) is 9.20. The summed E-state index contributed by atoms with van der Waals surface area (Å²) in [6.07, 6.45) is 4.40. The third-order valence-electron chi connectivity index (χ3n) is 7.06. The molecule has 1 atom stereocenters. The van der Waals surface area contributed by atoms with E-state index in [2.05, 4.69) is 12.1 Å². The van der Waals surface area contributed by atoms with Gasteiger partial charge in [0.1, 0.15) is 0 Å². The van der Waals surface area contributed by atoms with Gasteiger partial charge in [-0.15, -0.1) is 0 Å². The van der Waals surface area contributed by atoms with Gasteiger partial charge >= 0.3 is 0 Å². The van der Waals surface area contributed by atoms with Gasteiger partial charge in [-0.1, -0.05) is 30.3 Å². The number of nitrogens with zero attached hydrogens (tertiary/aromatic N) is 3. The zero-order valence-electron chi connectivity index (χ0n) is 18.9. The molecule has 0 radical (unpaired) electrons. The summed E-state index contributed by atoms with van der Waals surface area (Å²) in [5.74, 6) is 0.434. The minimum absolute atomic E-state index is 0.0135. The Hall–Kier alpha value is -2.41. The lowest BCUT2D eigenvalue weighted by molar-refractivity contribution is -0.147. The number of rotatable bonds is 6. The summed E-state index contributed by atoms with van der Waals surface area (Å²) < 4.78 is 5.34. The molecule has 4 rings (SSSR count). The zero-order valence-corrected chi connectivity index (χ0v) is 18.9. The van der Waals surface area contributed by atoms with Gasteiger partial charge in [-0.2, -0.15) is 0 Å². The fourth-order valence-electron chi connectivity index (χ4n) is 5.10. The number of hydrogen-bond acceptors (Lipinski definition) is 4. The van der Waals surface area contributed by atoms with E-state index in [0.717, 1.165) is 25.7 Å². The zero-order chi connectivity index (χ0) is 22.3. The lowest BCUT2D eigenvalue weighted by atomic mass is 9.91. The van der Waals surface area contributed by atoms with Crippen LogP contribution in [0.15, 0.2) is 30.3 Å². The van der Waals surface area contributed by atoms with Crippen LogP contribution in [-0.2, 0) is 25.5 Å². The largest absolute Gasteiger partial charge is 0.378 e. The summed E-state index contributed by atoms with van der Waals surface area (Å²) in [7, 11) is 0. The highest BCUT2D eigenvalue weighted by Gasteiger charge is 2.36. The second kappa shape index (κ2) is 10.9. The van der Waals surface area contributed by atoms with Crippen LogP contribution in [0.25, 0.3) is 0 Å². The number of benzene rings is 1. The van der Waals surface area contributed by atoms with Crippen LogP contribution in [0, 0.1) is 11.8 Å². The summed E-state index contributed by atoms with van der Waals surface area (Å²) in [4.78, 5) is 44.0. The lowest BCUT2D eigenvalue weighted by Gasteiger charge is -2.38. The average Bonchev–Trinajstić information content (AvgIpc) is 2.85. The highest BCUT2D eigenvalue weighted by Crippen LogP contribution is 2.25. The molecule has 3 amide bonds. The third-order valence-corrected chi connectivity index (χ3v) is 7.06. The first-order valence-electron chi connectivity index (χ1n) is 12.1. The van der Waals surface area contributed by atoms with E-state index < -0.39 is 0 Å². The van der Waals surface area contributed by atoms with Gasteiger partial charge < -0.3 is 19.4 Å². The maximum atomic E-state index is 13.2. The Labute approximate surface area is 190 Å². The first-order valence-corrected chi connectivity index (χ1v) is 12.1. The Balaban J connectivity index is 1.23. The summed E-state index contributed by atoms with van der Waals surface area (Å²) in [5, 5.41) is 0. The molecule has 1 aromatic carbocycles. The molecule has 0 spiro atoms. The molecule has 3 saturated heterocycles. The van der Waals surface area contributed by atoms with Crippen LogP contribution < -0.4 is 0 Å². The first kappa shape index (κ1) is 22.8. The quantitative estimate of drug-likeness (QED) is 0.677. The normalized spacial score (nSPS) is 22.8. The number of aryl methyl sites for hydroxylation is 1. The van der Waals surface area contributed by atoms with E-state index in [1.165, 1.54) is 5.56 Å². The van der Waals surface area contributed by atoms with Crippen molar-refractivity contribution < 1.29 is 19.1 Å². The van der Waals surface area contributed by atoms with Gasteiger partial charge in [0.25, 0.3) is 0 Å². The maximum Gasteiger partial charge on any atom is 0.227 e. The van der Waals surface area contributed by atoms with Crippen LogP contribution in [-0.4, -0.2) is 84.9 Å². The van der Waals surface area contributed by atoms with Gasteiger partial charge in [0, 0.05) is 51.6 Å². The molecule has 3 heterocycles. The van der Waals surface area contributed by atoms with E-state index in [-0.39, 0.29) is 29.6 Å². The Kier molecular flexibility index (Phi) is 7.79. The van der Waals surface area contributed by atoms with Crippen LogP contribution in [0.5, 0.6) is 0 Å². The molecule has 0 saturated carbocycles. The van der Waals surface area contributed by atoms with E-state index in [1.807, 2.05) is 32.9 Å². The van der Waals surface area contributed by atoms with Crippen molar-refractivity contribution in [2.24, 2.45) is 11.8 Å². The number of likely N-dealkylation sites (tertiary alicyclic amines) is 2. The number of piperidine rings is 2. The number of hydrogen-bond donors (Lipinski definition) is 0. The Morgan fingerprint density at radius 3 is 2.25 bits per heavy atom. The summed E-state index contributed by atoms with van der Waals surface area (Å²) in [6, 6.07) is 10.3. The topological polar surface area (TPSA) is 70.2 Å². The summed E-state index contributed by atoms with van der Waals surface area (Å²) in [5.41, 5.74) is 1.28. The fraction of sp³-hybridized carbons (Fsp3) is 0.640. The number of morpholine rings is 1. The molecule has 7 heteroatoms. The molecule has 7 nitrogen and oxygen atoms in total. The molecule has 3 aliphatic heterocycles. The fourth-order valence-corrected chi connectivity index (χ4v) is 5.10. The summed E-state index contributed by atoms with van der Waals surface area (Å²) >= 11 is 0. The van der Waals surface area contributed by atoms with E-state index in [9.17, 15) is 14.4 Å². The number of carbonyl (C=O) groups excluding carboxylic acids is 3. The highest BCUT2D eigenvalue weighted by atomic mass is 16.5. The first-order chi connectivity index (χ1) is 15.6. The molecule has 3 aliphatic rings. The van der Waals surface area contributed by atoms with Crippen LogP contribution in [0.4, 0.5) is 0 Å². The van der Waals surface area contributed by atoms with Crippen molar-refractivity contribution in [3.8, 4) is 0 Å². The van der Waals surface area contributed by atoms with Crippen LogP contribution in [0.3, 0.4) is 0 Å². The van der Waals surface area contributed by atoms with Crippen molar-refractivity contribution in [2.75, 3.05) is 52.5 Å². The van der Waals surface area contributed by atoms with Crippen molar-refractivity contribution in [3.63, 3.8) is 0 Å². The molecule has 0 bridgehead atoms. The van der Waals surface area contributed by atoms with Crippen LogP contribution >= 0.6 is 0 Å². The van der Waals surface area contributed by atoms with E-state index in [4.69, 9.17) is 4.74 Å². The SMILES string of the molecule is O=C1CCC(C(=O)N2CCC(C(=O)N3CCOCC3)CC2)CN1CCCc1ccccc1. The van der Waals surface area contributed by atoms with Crippen molar-refractivity contribution in [2.45, 2.75) is 38.5 Å². The van der Waals surface area contributed by atoms with Crippen molar-refractivity contribution in [3.05, 3.63) is 35.9 Å². The standard InChI is InChI=1S/C25H35N3O4/c29-23-9-8-22(19-28(23)12-4-7-20-5-2-1-3-6-20)25(31)26-13-10-21(11-14-26)24(30)27-15-17-32-18-16-27/h1-3,5-6,21-22H,4,7-19H2. The average molecular weight is 442 g/mol. The minimum Gasteiger partial charge on any atom is -0.378 e. The Morgan fingerprint density at radius 1 is 0.875 bits per heavy atom. The molecule has 174 valence electrons. The van der Waals surface area contributed by atoms with Gasteiger partial charge in [0.15, 0.2) is 0 Å². The predicted molar refractivity (Wildman–Crippen MR) is 121 cm³/mol. The van der Waals surface area contributed by atoms with Crippen molar-refractivity contribution in [1.29, 1.82) is 0 Å². The van der Waals surface area contributed by atoms with Crippen LogP contribution in [0.1, 0.15) is 37.7 Å². The molecule has 3 fully saturated rings. The predicted octanol–water partition coefficient (Wildman–Crippen LogP) is 1.96. The van der Waals surface area contributed by atoms with Gasteiger partial charge in [0.2, 0.25) is 17.7 Å². The molecule has 0 aromatic heterocycles. The van der Waals surface area contributed by atoms with E-state index in [0.29, 0.717) is 65.3 Å². The molecule has 0 N–H and O–H groups in total. The molecule has 32 heavy (non-hydrogen) atoms. The van der Waals surface area contributed by atoms with Gasteiger partial charge in [-0.3, -0.25) is 14.4 Å². The third kappa shape index (κ3) is 5.68. The van der Waals surface area contributed by atoms with Gasteiger partial charge in [-0.05, 0) is 37.7 Å². The van der Waals surface area contributed by atoms with E-state index in [1.54, 1.807) is 0 Å². The highest BCUT2D eigenvalue weighted by molar-refractivity contribution is 5.84. The maximum absolute atomic E-state index is 13.2. The Bertz CT molecular complexity index is 786. The van der Waals surface area contributed by atoms with Crippen molar-refractivity contribution >= 4 is 17.7 Å². The molecule has 1 unspecified atom stereocenters. The van der Waals surface area contributed by atoms with Crippen LogP contribution in [0.2, 0.25) is 0 Å². The number of amides is 3. The minimum atomic E-state index is -0.115. The molecule has 0 aliphatic carbocycles. The van der Waals surface area contributed by atoms with Gasteiger partial charge in [0.05, 0.1) is 19.1 Å². The number of ether oxygens (including phenoxy) is 1. The monoisotopic (exact) mass is 441 g/mol. The Morgan fingerprint density at radius 2 is 1.53 bits per heavy atom. The van der Waals surface area contributed by atoms with Crippen molar-refractivity contribution in [1.82, 2.24) is 14.7 Å². The lowest BCUT2D eigenvalue weighted by Crippen LogP contribution is -2.51. The summed E-state index contributed by atoms with van der Waals surface area (Å²) in [6.45, 7) is 5.09. The molecule has 1 aromatic rings.